The van der Waals surface area contributed by atoms with Crippen LogP contribution in [0.5, 0.6) is 0 Å². The van der Waals surface area contributed by atoms with E-state index in [0.29, 0.717) is 51.4 Å². The van der Waals surface area contributed by atoms with Crippen molar-refractivity contribution >= 4 is 17.9 Å². The Labute approximate surface area is 130 Å². The van der Waals surface area contributed by atoms with Gasteiger partial charge in [0.15, 0.2) is 0 Å². The van der Waals surface area contributed by atoms with E-state index in [9.17, 15) is 14.4 Å². The molecule has 0 aromatic rings. The minimum atomic E-state index is -0.758. The molecule has 0 saturated heterocycles. The highest BCUT2D eigenvalue weighted by Gasteiger charge is 2.33. The number of aliphatic carboxylic acids is 1. The zero-order valence-corrected chi connectivity index (χ0v) is 13.0. The first-order valence-corrected chi connectivity index (χ1v) is 8.02. The summed E-state index contributed by atoms with van der Waals surface area (Å²) in [6.07, 6.45) is 4.88. The normalized spacial score (nSPS) is 32.0. The molecule has 2 aliphatic rings. The van der Waals surface area contributed by atoms with Crippen molar-refractivity contribution in [2.75, 3.05) is 7.11 Å². The third kappa shape index (κ3) is 4.21. The van der Waals surface area contributed by atoms with Gasteiger partial charge in [0.25, 0.3) is 0 Å². The fraction of sp³-hybridized carbons (Fsp3) is 0.812. The Kier molecular flexibility index (Phi) is 5.80. The maximum Gasteiger partial charge on any atom is 0.309 e. The summed E-state index contributed by atoms with van der Waals surface area (Å²) < 4.78 is 10.3. The van der Waals surface area contributed by atoms with Crippen molar-refractivity contribution in [2.45, 2.75) is 57.5 Å². The first kappa shape index (κ1) is 16.8. The van der Waals surface area contributed by atoms with Crippen LogP contribution >= 0.6 is 0 Å². The number of hydrogen-bond acceptors (Lipinski definition) is 5. The predicted octanol–water partition coefficient (Wildman–Crippen LogP) is 2.15. The van der Waals surface area contributed by atoms with Gasteiger partial charge in [-0.1, -0.05) is 0 Å². The number of carboxylic acids is 1. The Morgan fingerprint density at radius 1 is 0.773 bits per heavy atom. The molecule has 0 aliphatic heterocycles. The number of esters is 2. The number of carbonyl (C=O) groups is 3. The van der Waals surface area contributed by atoms with Gasteiger partial charge in [-0.2, -0.15) is 0 Å². The van der Waals surface area contributed by atoms with Gasteiger partial charge in [0.05, 0.1) is 24.9 Å². The summed E-state index contributed by atoms with van der Waals surface area (Å²) in [7, 11) is 1.39. The van der Waals surface area contributed by atoms with Crippen molar-refractivity contribution in [1.82, 2.24) is 0 Å². The van der Waals surface area contributed by atoms with E-state index in [0.717, 1.165) is 0 Å². The van der Waals surface area contributed by atoms with Crippen molar-refractivity contribution < 1.29 is 29.0 Å². The molecule has 0 bridgehead atoms. The Hall–Kier alpha value is -1.59. The maximum absolute atomic E-state index is 12.2. The lowest BCUT2D eigenvalue weighted by molar-refractivity contribution is -0.160. The molecule has 22 heavy (non-hydrogen) atoms. The highest BCUT2D eigenvalue weighted by Crippen LogP contribution is 2.32. The molecular weight excluding hydrogens is 288 g/mol. The molecule has 6 heteroatoms. The molecule has 0 unspecified atom stereocenters. The SMILES string of the molecule is COC(=O)C1CCC(C(=O)OC2CCC(C(=O)O)CC2)CC1. The van der Waals surface area contributed by atoms with Crippen LogP contribution in [0.15, 0.2) is 0 Å². The first-order chi connectivity index (χ1) is 10.5. The van der Waals surface area contributed by atoms with Gasteiger partial charge >= 0.3 is 17.9 Å². The van der Waals surface area contributed by atoms with Crippen LogP contribution in [0.25, 0.3) is 0 Å². The zero-order valence-electron chi connectivity index (χ0n) is 13.0. The van der Waals surface area contributed by atoms with Gasteiger partial charge in [0.1, 0.15) is 6.10 Å². The molecule has 2 aliphatic carbocycles. The molecular formula is C16H24O6. The second-order valence-electron chi connectivity index (χ2n) is 6.32. The lowest BCUT2D eigenvalue weighted by Crippen LogP contribution is -2.32. The van der Waals surface area contributed by atoms with E-state index in [1.54, 1.807) is 0 Å². The van der Waals surface area contributed by atoms with Crippen LogP contribution in [0.3, 0.4) is 0 Å². The Balaban J connectivity index is 1.73. The van der Waals surface area contributed by atoms with Crippen molar-refractivity contribution in [3.63, 3.8) is 0 Å². The zero-order chi connectivity index (χ0) is 16.1. The fourth-order valence-electron chi connectivity index (χ4n) is 3.42. The molecule has 124 valence electrons. The molecule has 2 fully saturated rings. The highest BCUT2D eigenvalue weighted by molar-refractivity contribution is 5.75. The van der Waals surface area contributed by atoms with E-state index in [2.05, 4.69) is 0 Å². The van der Waals surface area contributed by atoms with Gasteiger partial charge in [-0.3, -0.25) is 14.4 Å². The van der Waals surface area contributed by atoms with Crippen molar-refractivity contribution in [3.8, 4) is 0 Å². The molecule has 0 spiro atoms. The number of carbonyl (C=O) groups excluding carboxylic acids is 2. The summed E-state index contributed by atoms with van der Waals surface area (Å²) >= 11 is 0. The van der Waals surface area contributed by atoms with Gasteiger partial charge in [-0.05, 0) is 51.4 Å². The van der Waals surface area contributed by atoms with E-state index in [-0.39, 0.29) is 35.8 Å². The van der Waals surface area contributed by atoms with Gasteiger partial charge in [0, 0.05) is 0 Å². The highest BCUT2D eigenvalue weighted by atomic mass is 16.5. The van der Waals surface area contributed by atoms with Gasteiger partial charge in [-0.15, -0.1) is 0 Å². The Morgan fingerprint density at radius 3 is 1.68 bits per heavy atom. The van der Waals surface area contributed by atoms with E-state index in [4.69, 9.17) is 14.6 Å². The van der Waals surface area contributed by atoms with Gasteiger partial charge in [0.2, 0.25) is 0 Å². The monoisotopic (exact) mass is 312 g/mol. The first-order valence-electron chi connectivity index (χ1n) is 8.02. The summed E-state index contributed by atoms with van der Waals surface area (Å²) in [5, 5.41) is 8.95. The largest absolute Gasteiger partial charge is 0.481 e. The number of methoxy groups -OCH3 is 1. The molecule has 0 radical (unpaired) electrons. The quantitative estimate of drug-likeness (QED) is 0.800. The lowest BCUT2D eigenvalue weighted by atomic mass is 9.82. The number of carboxylic acid groups (broad SMARTS) is 1. The van der Waals surface area contributed by atoms with Crippen molar-refractivity contribution in [3.05, 3.63) is 0 Å². The molecule has 1 N–H and O–H groups in total. The Bertz CT molecular complexity index is 416. The predicted molar refractivity (Wildman–Crippen MR) is 76.9 cm³/mol. The van der Waals surface area contributed by atoms with Crippen LogP contribution in [0.4, 0.5) is 0 Å². The minimum Gasteiger partial charge on any atom is -0.481 e. The molecule has 0 aromatic heterocycles. The van der Waals surface area contributed by atoms with Crippen molar-refractivity contribution in [1.29, 1.82) is 0 Å². The summed E-state index contributed by atoms with van der Waals surface area (Å²) in [6.45, 7) is 0. The van der Waals surface area contributed by atoms with Crippen LogP contribution in [0, 0.1) is 17.8 Å². The molecule has 0 heterocycles. The molecule has 6 nitrogen and oxygen atoms in total. The van der Waals surface area contributed by atoms with Crippen LogP contribution in [-0.4, -0.2) is 36.2 Å². The van der Waals surface area contributed by atoms with Crippen LogP contribution < -0.4 is 0 Å². The third-order valence-electron chi connectivity index (χ3n) is 4.90. The summed E-state index contributed by atoms with van der Waals surface area (Å²) in [6, 6.07) is 0. The third-order valence-corrected chi connectivity index (χ3v) is 4.90. The molecule has 0 aromatic carbocycles. The smallest absolute Gasteiger partial charge is 0.309 e. The summed E-state index contributed by atoms with van der Waals surface area (Å²) in [4.78, 5) is 34.5. The topological polar surface area (TPSA) is 89.9 Å². The fourth-order valence-corrected chi connectivity index (χ4v) is 3.42. The second kappa shape index (κ2) is 7.61. The van der Waals surface area contributed by atoms with Gasteiger partial charge in [-0.25, -0.2) is 0 Å². The molecule has 0 atom stereocenters. The average molecular weight is 312 g/mol. The molecule has 2 saturated carbocycles. The number of ether oxygens (including phenoxy) is 2. The lowest BCUT2D eigenvalue weighted by Gasteiger charge is -2.30. The molecule has 0 amide bonds. The van der Waals surface area contributed by atoms with Crippen LogP contribution in [0.1, 0.15) is 51.4 Å². The number of hydrogen-bond donors (Lipinski definition) is 1. The molecule has 2 rings (SSSR count). The second-order valence-corrected chi connectivity index (χ2v) is 6.32. The minimum absolute atomic E-state index is 0.0972. The van der Waals surface area contributed by atoms with Gasteiger partial charge < -0.3 is 14.6 Å². The van der Waals surface area contributed by atoms with Crippen LogP contribution in [0.2, 0.25) is 0 Å². The maximum atomic E-state index is 12.2. The summed E-state index contributed by atoms with van der Waals surface area (Å²) in [5.74, 6) is -1.68. The average Bonchev–Trinajstić information content (AvgIpc) is 2.54. The van der Waals surface area contributed by atoms with E-state index in [1.807, 2.05) is 0 Å². The van der Waals surface area contributed by atoms with Crippen molar-refractivity contribution in [2.24, 2.45) is 17.8 Å². The number of rotatable bonds is 4. The van der Waals surface area contributed by atoms with E-state index < -0.39 is 5.97 Å². The summed E-state index contributed by atoms with van der Waals surface area (Å²) in [5.41, 5.74) is 0. The van der Waals surface area contributed by atoms with E-state index in [1.165, 1.54) is 7.11 Å². The van der Waals surface area contributed by atoms with Crippen LogP contribution in [-0.2, 0) is 23.9 Å². The standard InChI is InChI=1S/C16H24O6/c1-21-15(19)11-2-4-12(5-3-11)16(20)22-13-8-6-10(7-9-13)14(17)18/h10-13H,2-9H2,1H3,(H,17,18). The van der Waals surface area contributed by atoms with E-state index >= 15 is 0 Å². The Morgan fingerprint density at radius 2 is 1.23 bits per heavy atom.